The molecule has 0 aliphatic rings. The van der Waals surface area contributed by atoms with Gasteiger partial charge in [0.15, 0.2) is 18.3 Å². The molecule has 0 fully saturated rings. The van der Waals surface area contributed by atoms with Gasteiger partial charge in [0, 0.05) is 0 Å². The predicted octanol–water partition coefficient (Wildman–Crippen LogP) is 7.07. The van der Waals surface area contributed by atoms with E-state index in [0.717, 1.165) is 5.56 Å². The Morgan fingerprint density at radius 2 is 0.979 bits per heavy atom. The molecule has 8 nitrogen and oxygen atoms in total. The highest BCUT2D eigenvalue weighted by molar-refractivity contribution is 8.17. The Morgan fingerprint density at radius 1 is 0.583 bits per heavy atom. The largest absolute Gasteiger partial charge is 0.452 e. The van der Waals surface area contributed by atoms with Crippen LogP contribution in [0.25, 0.3) is 0 Å². The lowest BCUT2D eigenvalue weighted by Gasteiger charge is -2.37. The van der Waals surface area contributed by atoms with E-state index in [4.69, 9.17) is 18.9 Å². The van der Waals surface area contributed by atoms with Crippen molar-refractivity contribution in [3.63, 3.8) is 0 Å². The van der Waals surface area contributed by atoms with Crippen LogP contribution in [0, 0.1) is 0 Å². The maximum Gasteiger partial charge on any atom is 0.338 e. The van der Waals surface area contributed by atoms with Gasteiger partial charge in [-0.05, 0) is 53.5 Å². The Balaban J connectivity index is 1.78. The molecule has 252 valence electrons. The van der Waals surface area contributed by atoms with E-state index < -0.39 is 46.9 Å². The van der Waals surface area contributed by atoms with Crippen LogP contribution >= 0.6 is 23.5 Å². The highest BCUT2D eigenvalue weighted by Gasteiger charge is 2.45. The van der Waals surface area contributed by atoms with Crippen molar-refractivity contribution in [1.29, 1.82) is 0 Å². The van der Waals surface area contributed by atoms with Gasteiger partial charge in [-0.15, -0.1) is 23.5 Å². The molecule has 0 unspecified atom stereocenters. The van der Waals surface area contributed by atoms with Gasteiger partial charge in [-0.1, -0.05) is 98.8 Å². The number of ether oxygens (including phenoxy) is 4. The molecule has 0 aliphatic carbocycles. The van der Waals surface area contributed by atoms with Crippen molar-refractivity contribution < 1.29 is 38.4 Å². The second-order valence-corrected chi connectivity index (χ2v) is 13.7. The van der Waals surface area contributed by atoms with Crippen LogP contribution in [0.4, 0.5) is 0 Å². The molecule has 4 aromatic carbocycles. The first-order valence-corrected chi connectivity index (χ1v) is 17.8. The lowest BCUT2D eigenvalue weighted by Crippen LogP contribution is -2.54. The van der Waals surface area contributed by atoms with E-state index in [-0.39, 0.29) is 29.9 Å². The number of esters is 3. The third-order valence-corrected chi connectivity index (χ3v) is 9.83. The van der Waals surface area contributed by atoms with Crippen LogP contribution in [-0.2, 0) is 25.6 Å². The summed E-state index contributed by atoms with van der Waals surface area (Å²) in [6.45, 7) is 3.84. The van der Waals surface area contributed by atoms with Gasteiger partial charge in [-0.2, -0.15) is 0 Å². The Hall–Kier alpha value is -4.09. The summed E-state index contributed by atoms with van der Waals surface area (Å²) in [4.78, 5) is 40.8. The second kappa shape index (κ2) is 19.7. The standard InChI is InChI=1S/C38H40O8S2/c1-3-47-38(48-4-2)32(39)34(46-37(42)30-23-15-8-16-24-30)33(45-36(41)29-21-13-7-14-22-29)31(26-43-25-27-17-9-5-10-18-27)44-35(40)28-19-11-6-12-20-28/h5-24,31-34,38-39H,3-4,25-26H2,1-2H3/t31-,32-,33-,34+/m1/s1. The summed E-state index contributed by atoms with van der Waals surface area (Å²) in [6, 6.07) is 34.4. The Labute approximate surface area is 290 Å². The molecule has 0 bridgehead atoms. The topological polar surface area (TPSA) is 108 Å². The number of carbonyl (C=O) groups is 3. The normalized spacial score (nSPS) is 13.6. The second-order valence-electron chi connectivity index (χ2n) is 10.6. The minimum Gasteiger partial charge on any atom is -0.452 e. The number of hydrogen-bond acceptors (Lipinski definition) is 10. The zero-order chi connectivity index (χ0) is 34.1. The van der Waals surface area contributed by atoms with Crippen molar-refractivity contribution in [3.05, 3.63) is 144 Å². The molecule has 10 heteroatoms. The van der Waals surface area contributed by atoms with Crippen molar-refractivity contribution in [1.82, 2.24) is 0 Å². The molecule has 1 N–H and O–H groups in total. The molecule has 0 amide bonds. The van der Waals surface area contributed by atoms with Crippen LogP contribution in [0.15, 0.2) is 121 Å². The number of aliphatic hydroxyl groups excluding tert-OH is 1. The molecular weight excluding hydrogens is 649 g/mol. The maximum absolute atomic E-state index is 13.7. The van der Waals surface area contributed by atoms with Gasteiger partial charge in [0.25, 0.3) is 0 Å². The Bertz CT molecular complexity index is 1530. The molecule has 0 radical (unpaired) electrons. The summed E-state index contributed by atoms with van der Waals surface area (Å²) in [7, 11) is 0. The summed E-state index contributed by atoms with van der Waals surface area (Å²) in [5.41, 5.74) is 1.60. The minimum atomic E-state index is -1.47. The monoisotopic (exact) mass is 688 g/mol. The van der Waals surface area contributed by atoms with Crippen LogP contribution < -0.4 is 0 Å². The number of aliphatic hydroxyl groups is 1. The number of carbonyl (C=O) groups excluding carboxylic acids is 3. The summed E-state index contributed by atoms with van der Waals surface area (Å²) in [5, 5.41) is 12.0. The van der Waals surface area contributed by atoms with E-state index in [2.05, 4.69) is 0 Å². The Morgan fingerprint density at radius 3 is 1.42 bits per heavy atom. The van der Waals surface area contributed by atoms with Gasteiger partial charge in [0.2, 0.25) is 0 Å². The summed E-state index contributed by atoms with van der Waals surface area (Å²) < 4.78 is 23.8. The predicted molar refractivity (Wildman–Crippen MR) is 189 cm³/mol. The molecule has 4 rings (SSSR count). The lowest BCUT2D eigenvalue weighted by atomic mass is 10.0. The number of thioether (sulfide) groups is 2. The first kappa shape index (κ1) is 36.7. The van der Waals surface area contributed by atoms with E-state index in [9.17, 15) is 19.5 Å². The SMILES string of the molecule is CCSC(SCC)[C@H](O)[C@H](OC(=O)c1ccccc1)[C@H](OC(=O)c1ccccc1)[C@@H](COCc1ccccc1)OC(=O)c1ccccc1. The fourth-order valence-electron chi connectivity index (χ4n) is 4.79. The van der Waals surface area contributed by atoms with Gasteiger partial charge in [0.1, 0.15) is 6.10 Å². The smallest absolute Gasteiger partial charge is 0.338 e. The number of rotatable bonds is 18. The summed E-state index contributed by atoms with van der Waals surface area (Å²) >= 11 is 2.95. The van der Waals surface area contributed by atoms with Crippen molar-refractivity contribution in [3.8, 4) is 0 Å². The van der Waals surface area contributed by atoms with E-state index in [1.807, 2.05) is 44.2 Å². The Kier molecular flexibility index (Phi) is 15.1. The van der Waals surface area contributed by atoms with Crippen LogP contribution in [-0.4, -0.2) is 70.1 Å². The van der Waals surface area contributed by atoms with Gasteiger partial charge >= 0.3 is 17.9 Å². The van der Waals surface area contributed by atoms with Crippen molar-refractivity contribution in [2.75, 3.05) is 18.1 Å². The number of benzene rings is 4. The molecule has 0 spiro atoms. The first-order chi connectivity index (χ1) is 23.4. The van der Waals surface area contributed by atoms with Crippen molar-refractivity contribution in [2.24, 2.45) is 0 Å². The van der Waals surface area contributed by atoms with E-state index in [1.165, 1.54) is 23.5 Å². The van der Waals surface area contributed by atoms with Crippen LogP contribution in [0.2, 0.25) is 0 Å². The van der Waals surface area contributed by atoms with E-state index in [1.54, 1.807) is 91.0 Å². The van der Waals surface area contributed by atoms with Gasteiger partial charge in [-0.3, -0.25) is 0 Å². The zero-order valence-electron chi connectivity index (χ0n) is 26.9. The molecule has 4 aromatic rings. The highest BCUT2D eigenvalue weighted by atomic mass is 32.2. The van der Waals surface area contributed by atoms with Gasteiger partial charge in [-0.25, -0.2) is 14.4 Å². The fraction of sp³-hybridized carbons (Fsp3) is 0.289. The molecule has 0 aromatic heterocycles. The van der Waals surface area contributed by atoms with Crippen LogP contribution in [0.5, 0.6) is 0 Å². The number of hydrogen-bond donors (Lipinski definition) is 1. The van der Waals surface area contributed by atoms with E-state index in [0.29, 0.717) is 11.5 Å². The van der Waals surface area contributed by atoms with Crippen LogP contribution in [0.3, 0.4) is 0 Å². The molecule has 48 heavy (non-hydrogen) atoms. The first-order valence-electron chi connectivity index (χ1n) is 15.7. The van der Waals surface area contributed by atoms with Crippen LogP contribution in [0.1, 0.15) is 50.5 Å². The maximum atomic E-state index is 13.7. The molecule has 0 saturated heterocycles. The summed E-state index contributed by atoms with van der Waals surface area (Å²) in [6.07, 6.45) is -5.56. The molecule has 0 heterocycles. The third-order valence-electron chi connectivity index (χ3n) is 7.13. The van der Waals surface area contributed by atoms with Crippen molar-refractivity contribution >= 4 is 41.4 Å². The highest BCUT2D eigenvalue weighted by Crippen LogP contribution is 2.32. The van der Waals surface area contributed by atoms with Crippen molar-refractivity contribution in [2.45, 2.75) is 49.5 Å². The average Bonchev–Trinajstić information content (AvgIpc) is 3.13. The molecule has 0 saturated carbocycles. The summed E-state index contributed by atoms with van der Waals surface area (Å²) in [5.74, 6) is -0.861. The minimum absolute atomic E-state index is 0.163. The quantitative estimate of drug-likeness (QED) is 0.0662. The van der Waals surface area contributed by atoms with Gasteiger partial charge < -0.3 is 24.1 Å². The molecular formula is C38H40O8S2. The lowest BCUT2D eigenvalue weighted by molar-refractivity contribution is -0.132. The molecule has 0 aliphatic heterocycles. The average molecular weight is 689 g/mol. The molecule has 4 atom stereocenters. The fourth-order valence-corrected chi connectivity index (χ4v) is 7.35. The van der Waals surface area contributed by atoms with E-state index >= 15 is 0 Å². The third kappa shape index (κ3) is 11.0. The zero-order valence-corrected chi connectivity index (χ0v) is 28.5. The van der Waals surface area contributed by atoms with Gasteiger partial charge in [0.05, 0.1) is 34.5 Å².